The van der Waals surface area contributed by atoms with E-state index >= 15 is 0 Å². The maximum atomic E-state index is 13.5. The fraction of sp³-hybridized carbons (Fsp3) is 0.400. The minimum Gasteiger partial charge on any atom is -0.389 e. The Hall–Kier alpha value is -4.21. The fourth-order valence-electron chi connectivity index (χ4n) is 6.42. The van der Waals surface area contributed by atoms with Crippen LogP contribution < -0.4 is 9.80 Å². The number of aliphatic hydroxyl groups is 1. The number of anilines is 3. The summed E-state index contributed by atoms with van der Waals surface area (Å²) >= 11 is 1.31. The Kier molecular flexibility index (Phi) is 6.32. The number of hydrogen-bond acceptors (Lipinski definition) is 8. The van der Waals surface area contributed by atoms with Crippen molar-refractivity contribution >= 4 is 39.4 Å². The van der Waals surface area contributed by atoms with E-state index in [9.17, 15) is 19.6 Å². The maximum absolute atomic E-state index is 13.5. The van der Waals surface area contributed by atoms with E-state index in [4.69, 9.17) is 10.1 Å². The van der Waals surface area contributed by atoms with Crippen LogP contribution in [0.3, 0.4) is 0 Å². The molecule has 3 aliphatic heterocycles. The van der Waals surface area contributed by atoms with Crippen LogP contribution in [0.5, 0.6) is 0 Å². The number of thiazole rings is 1. The molecule has 0 atom stereocenters. The van der Waals surface area contributed by atoms with Crippen LogP contribution in [0, 0.1) is 22.6 Å². The Morgan fingerprint density at radius 1 is 1.21 bits per heavy atom. The standard InChI is InChI=1S/C30H31FN8O2S/c1-3-23-27(35(2)28-33-26(25(13-32)42-28)19-4-6-20(31)7-5-19)24-12-21(8-10-39(24)34-23)36-11-9-30(16-36)17-38(18-30)29(41)37-14-22(40)15-37/h4-8,10,12,22,40H,3,9,11,14-18H2,1-2H3. The zero-order chi connectivity index (χ0) is 29.2. The Bertz CT molecular complexity index is 1720. The SMILES string of the molecule is CCc1nn2ccc(N3CCC4(CN(C(=O)N5CC(O)C5)C4)C3)cc2c1N(C)c1nc(-c2ccc(F)cc2)c(C#N)s1. The monoisotopic (exact) mass is 586 g/mol. The molecule has 0 unspecified atom stereocenters. The van der Waals surface area contributed by atoms with E-state index in [2.05, 4.69) is 30.0 Å². The molecule has 3 aromatic heterocycles. The summed E-state index contributed by atoms with van der Waals surface area (Å²) in [5, 5.41) is 24.9. The van der Waals surface area contributed by atoms with Gasteiger partial charge in [-0.25, -0.2) is 18.7 Å². The number of nitrogens with zero attached hydrogens (tertiary/aromatic N) is 8. The van der Waals surface area contributed by atoms with Crippen LogP contribution in [0.25, 0.3) is 16.8 Å². The van der Waals surface area contributed by atoms with Crippen molar-refractivity contribution in [2.75, 3.05) is 56.1 Å². The van der Waals surface area contributed by atoms with E-state index in [0.29, 0.717) is 34.4 Å². The second kappa shape index (κ2) is 9.96. The van der Waals surface area contributed by atoms with Gasteiger partial charge in [-0.05, 0) is 49.2 Å². The Morgan fingerprint density at radius 2 is 1.98 bits per heavy atom. The number of β-amino-alcohol motifs (C(OH)–C–C–N with tert-alkyl or cyclic N) is 1. The lowest BCUT2D eigenvalue weighted by Crippen LogP contribution is -2.66. The van der Waals surface area contributed by atoms with E-state index in [-0.39, 0.29) is 23.4 Å². The number of likely N-dealkylation sites (tertiary alicyclic amines) is 2. The first kappa shape index (κ1) is 26.7. The van der Waals surface area contributed by atoms with Gasteiger partial charge in [0, 0.05) is 56.1 Å². The first-order chi connectivity index (χ1) is 20.3. The van der Waals surface area contributed by atoms with Gasteiger partial charge < -0.3 is 24.7 Å². The molecule has 0 radical (unpaired) electrons. The third-order valence-corrected chi connectivity index (χ3v) is 9.75. The molecular weight excluding hydrogens is 555 g/mol. The van der Waals surface area contributed by atoms with Gasteiger partial charge in [-0.15, -0.1) is 0 Å². The highest BCUT2D eigenvalue weighted by Crippen LogP contribution is 2.43. The van der Waals surface area contributed by atoms with Crippen LogP contribution in [-0.4, -0.2) is 88.0 Å². The summed E-state index contributed by atoms with van der Waals surface area (Å²) in [6.07, 6.45) is 3.36. The number of hydrogen-bond donors (Lipinski definition) is 1. The summed E-state index contributed by atoms with van der Waals surface area (Å²) in [6, 6.07) is 12.6. The number of nitriles is 1. The van der Waals surface area contributed by atoms with Crippen LogP contribution in [0.1, 0.15) is 23.9 Å². The third kappa shape index (κ3) is 4.35. The molecule has 3 fully saturated rings. The van der Waals surface area contributed by atoms with Gasteiger partial charge in [-0.1, -0.05) is 18.3 Å². The summed E-state index contributed by atoms with van der Waals surface area (Å²) in [5.41, 5.74) is 5.26. The van der Waals surface area contributed by atoms with Gasteiger partial charge in [-0.3, -0.25) is 0 Å². The lowest BCUT2D eigenvalue weighted by Gasteiger charge is -2.51. The van der Waals surface area contributed by atoms with Crippen LogP contribution in [0.2, 0.25) is 0 Å². The number of aromatic nitrogens is 3. The van der Waals surface area contributed by atoms with Crippen molar-refractivity contribution in [2.45, 2.75) is 25.9 Å². The number of aryl methyl sites for hydroxylation is 1. The maximum Gasteiger partial charge on any atom is 0.320 e. The first-order valence-electron chi connectivity index (χ1n) is 14.2. The lowest BCUT2D eigenvalue weighted by molar-refractivity contribution is -0.0161. The highest BCUT2D eigenvalue weighted by molar-refractivity contribution is 7.16. The number of rotatable bonds is 5. The van der Waals surface area contributed by atoms with Gasteiger partial charge >= 0.3 is 6.03 Å². The molecule has 6 heterocycles. The summed E-state index contributed by atoms with van der Waals surface area (Å²) in [6.45, 7) is 6.24. The Balaban J connectivity index is 1.14. The van der Waals surface area contributed by atoms with E-state index in [1.807, 2.05) is 27.6 Å². The summed E-state index contributed by atoms with van der Waals surface area (Å²) < 4.78 is 15.4. The number of fused-ring (bicyclic) bond motifs is 1. The topological polar surface area (TPSA) is 104 Å². The summed E-state index contributed by atoms with van der Waals surface area (Å²) in [5.74, 6) is -0.334. The van der Waals surface area contributed by atoms with Gasteiger partial charge in [0.05, 0.1) is 36.1 Å². The van der Waals surface area contributed by atoms with Crippen LogP contribution >= 0.6 is 11.3 Å². The van der Waals surface area contributed by atoms with Gasteiger partial charge in [0.1, 0.15) is 22.5 Å². The average Bonchev–Trinajstić information content (AvgIpc) is 3.69. The highest BCUT2D eigenvalue weighted by Gasteiger charge is 2.51. The normalized spacial score (nSPS) is 17.9. The molecule has 7 rings (SSSR count). The largest absolute Gasteiger partial charge is 0.389 e. The number of amides is 2. The van der Waals surface area contributed by atoms with Crippen LogP contribution in [0.15, 0.2) is 42.6 Å². The lowest BCUT2D eigenvalue weighted by atomic mass is 9.79. The molecule has 42 heavy (non-hydrogen) atoms. The Morgan fingerprint density at radius 3 is 2.67 bits per heavy atom. The van der Waals surface area contributed by atoms with E-state index in [1.165, 1.54) is 23.5 Å². The minimum atomic E-state index is -0.386. The van der Waals surface area contributed by atoms with Gasteiger partial charge in [0.25, 0.3) is 0 Å². The van der Waals surface area contributed by atoms with Gasteiger partial charge in [-0.2, -0.15) is 10.4 Å². The van der Waals surface area contributed by atoms with Crippen molar-refractivity contribution < 1.29 is 14.3 Å². The quantitative estimate of drug-likeness (QED) is 0.375. The van der Waals surface area contributed by atoms with Crippen molar-refractivity contribution in [3.05, 3.63) is 59.0 Å². The van der Waals surface area contributed by atoms with Crippen LogP contribution in [-0.2, 0) is 6.42 Å². The molecule has 10 nitrogen and oxygen atoms in total. The number of carbonyl (C=O) groups is 1. The zero-order valence-corrected chi connectivity index (χ0v) is 24.3. The fourth-order valence-corrected chi connectivity index (χ4v) is 7.28. The van der Waals surface area contributed by atoms with E-state index < -0.39 is 0 Å². The van der Waals surface area contributed by atoms with E-state index in [0.717, 1.165) is 61.6 Å². The average molecular weight is 587 g/mol. The smallest absolute Gasteiger partial charge is 0.320 e. The zero-order valence-electron chi connectivity index (χ0n) is 23.5. The van der Waals surface area contributed by atoms with Crippen molar-refractivity contribution in [1.29, 1.82) is 5.26 Å². The van der Waals surface area contributed by atoms with Crippen molar-refractivity contribution in [3.8, 4) is 17.3 Å². The number of aliphatic hydroxyl groups excluding tert-OH is 1. The first-order valence-corrected chi connectivity index (χ1v) is 15.0. The molecule has 0 saturated carbocycles. The molecule has 0 aliphatic carbocycles. The molecular formula is C30H31FN8O2S. The minimum absolute atomic E-state index is 0.0363. The number of halogens is 1. The van der Waals surface area contributed by atoms with Gasteiger partial charge in [0.2, 0.25) is 0 Å². The van der Waals surface area contributed by atoms with E-state index in [1.54, 1.807) is 17.0 Å². The van der Waals surface area contributed by atoms with Crippen LogP contribution in [0.4, 0.5) is 25.7 Å². The molecule has 2 amide bonds. The molecule has 3 saturated heterocycles. The summed E-state index contributed by atoms with van der Waals surface area (Å²) in [7, 11) is 1.94. The summed E-state index contributed by atoms with van der Waals surface area (Å²) in [4.78, 5) is 25.9. The van der Waals surface area contributed by atoms with Crippen molar-refractivity contribution in [2.24, 2.45) is 5.41 Å². The second-order valence-corrected chi connectivity index (χ2v) is 12.6. The molecule has 1 spiro atoms. The predicted molar refractivity (Wildman–Crippen MR) is 159 cm³/mol. The number of benzene rings is 1. The van der Waals surface area contributed by atoms with Gasteiger partial charge in [0.15, 0.2) is 5.13 Å². The predicted octanol–water partition coefficient (Wildman–Crippen LogP) is 4.11. The molecule has 4 aromatic rings. The molecule has 12 heteroatoms. The highest BCUT2D eigenvalue weighted by atomic mass is 32.1. The number of urea groups is 1. The molecule has 3 aliphatic rings. The molecule has 0 bridgehead atoms. The van der Waals surface area contributed by atoms with Crippen molar-refractivity contribution in [1.82, 2.24) is 24.4 Å². The second-order valence-electron chi connectivity index (χ2n) is 11.6. The molecule has 216 valence electrons. The number of pyridine rings is 1. The molecule has 1 N–H and O–H groups in total. The van der Waals surface area contributed by atoms with Crippen molar-refractivity contribution in [3.63, 3.8) is 0 Å². The third-order valence-electron chi connectivity index (χ3n) is 8.71. The number of carbonyl (C=O) groups excluding carboxylic acids is 1. The molecule has 1 aromatic carbocycles. The Labute approximate surface area is 246 Å².